The lowest BCUT2D eigenvalue weighted by molar-refractivity contribution is 0.0642. The van der Waals surface area contributed by atoms with E-state index in [9.17, 15) is 9.59 Å². The number of imide groups is 1. The molecule has 0 spiro atoms. The Hall–Kier alpha value is -2.62. The van der Waals surface area contributed by atoms with Crippen molar-refractivity contribution in [2.45, 2.75) is 13.5 Å². The molecule has 4 heteroatoms. The predicted octanol–water partition coefficient (Wildman–Crippen LogP) is 2.37. The maximum Gasteiger partial charge on any atom is 0.261 e. The van der Waals surface area contributed by atoms with Crippen LogP contribution < -0.4 is 5.73 Å². The van der Waals surface area contributed by atoms with E-state index in [1.807, 2.05) is 19.1 Å². The Balaban J connectivity index is 1.91. The number of benzene rings is 2. The number of amides is 2. The van der Waals surface area contributed by atoms with Crippen molar-refractivity contribution in [1.29, 1.82) is 0 Å². The third-order valence-corrected chi connectivity index (χ3v) is 3.56. The van der Waals surface area contributed by atoms with Crippen LogP contribution in [0.25, 0.3) is 0 Å². The largest absolute Gasteiger partial charge is 0.399 e. The molecule has 2 aromatic rings. The van der Waals surface area contributed by atoms with Crippen LogP contribution in [0.2, 0.25) is 0 Å². The van der Waals surface area contributed by atoms with Crippen molar-refractivity contribution in [2.75, 3.05) is 5.73 Å². The zero-order chi connectivity index (χ0) is 14.3. The number of hydrogen-bond acceptors (Lipinski definition) is 3. The molecule has 0 radical (unpaired) electrons. The molecule has 0 aliphatic carbocycles. The number of nitrogen functional groups attached to an aromatic ring is 1. The highest BCUT2D eigenvalue weighted by Crippen LogP contribution is 2.25. The van der Waals surface area contributed by atoms with Crippen molar-refractivity contribution in [1.82, 2.24) is 4.90 Å². The summed E-state index contributed by atoms with van der Waals surface area (Å²) in [6.45, 7) is 2.16. The molecular formula is C16H14N2O2. The lowest BCUT2D eigenvalue weighted by Crippen LogP contribution is -2.29. The van der Waals surface area contributed by atoms with Gasteiger partial charge in [-0.1, -0.05) is 24.3 Å². The van der Waals surface area contributed by atoms with E-state index in [2.05, 4.69) is 0 Å². The summed E-state index contributed by atoms with van der Waals surface area (Å²) in [4.78, 5) is 25.7. The van der Waals surface area contributed by atoms with E-state index in [-0.39, 0.29) is 18.4 Å². The Labute approximate surface area is 116 Å². The minimum atomic E-state index is -0.246. The lowest BCUT2D eigenvalue weighted by atomic mass is 10.1. The van der Waals surface area contributed by atoms with Crippen LogP contribution in [0.1, 0.15) is 31.8 Å². The molecule has 0 atom stereocenters. The van der Waals surface area contributed by atoms with Crippen LogP contribution in [0.3, 0.4) is 0 Å². The molecule has 0 saturated heterocycles. The summed E-state index contributed by atoms with van der Waals surface area (Å²) in [5.74, 6) is -0.491. The second kappa shape index (κ2) is 4.49. The number of aryl methyl sites for hydroxylation is 1. The molecule has 3 rings (SSSR count). The Morgan fingerprint density at radius 1 is 1.00 bits per heavy atom. The van der Waals surface area contributed by atoms with Gasteiger partial charge in [0.1, 0.15) is 0 Å². The minimum absolute atomic E-state index is 0.246. The summed E-state index contributed by atoms with van der Waals surface area (Å²) in [6, 6.07) is 12.5. The third-order valence-electron chi connectivity index (χ3n) is 3.56. The summed E-state index contributed by atoms with van der Waals surface area (Å²) in [5.41, 5.74) is 9.30. The third kappa shape index (κ3) is 1.86. The van der Waals surface area contributed by atoms with E-state index < -0.39 is 0 Å². The van der Waals surface area contributed by atoms with Crippen molar-refractivity contribution in [3.05, 3.63) is 64.7 Å². The van der Waals surface area contributed by atoms with Crippen LogP contribution in [0.5, 0.6) is 0 Å². The first-order valence-corrected chi connectivity index (χ1v) is 6.38. The smallest absolute Gasteiger partial charge is 0.261 e. The molecule has 0 unspecified atom stereocenters. The van der Waals surface area contributed by atoms with E-state index in [4.69, 9.17) is 5.73 Å². The highest BCUT2D eigenvalue weighted by Gasteiger charge is 2.34. The number of carbonyl (C=O) groups is 2. The number of nitrogens with zero attached hydrogens (tertiary/aromatic N) is 1. The highest BCUT2D eigenvalue weighted by molar-refractivity contribution is 6.21. The van der Waals surface area contributed by atoms with Crippen molar-refractivity contribution in [3.8, 4) is 0 Å². The summed E-state index contributed by atoms with van der Waals surface area (Å²) in [5, 5.41) is 0. The van der Waals surface area contributed by atoms with Crippen LogP contribution in [-0.2, 0) is 6.54 Å². The molecule has 1 aliphatic heterocycles. The Bertz CT molecular complexity index is 687. The van der Waals surface area contributed by atoms with Gasteiger partial charge in [-0.05, 0) is 36.2 Å². The zero-order valence-corrected chi connectivity index (χ0v) is 11.1. The number of anilines is 1. The average Bonchev–Trinajstić information content (AvgIpc) is 2.69. The molecule has 1 aliphatic rings. The van der Waals surface area contributed by atoms with Crippen LogP contribution in [0.4, 0.5) is 5.69 Å². The maximum absolute atomic E-state index is 12.2. The summed E-state index contributed by atoms with van der Waals surface area (Å²) < 4.78 is 0. The van der Waals surface area contributed by atoms with Gasteiger partial charge in [-0.15, -0.1) is 0 Å². The lowest BCUT2D eigenvalue weighted by Gasteiger charge is -2.14. The number of fused-ring (bicyclic) bond motifs is 1. The van der Waals surface area contributed by atoms with Gasteiger partial charge in [0.15, 0.2) is 0 Å². The Morgan fingerprint density at radius 2 is 1.60 bits per heavy atom. The fraction of sp³-hybridized carbons (Fsp3) is 0.125. The first kappa shape index (κ1) is 12.4. The van der Waals surface area contributed by atoms with Gasteiger partial charge in [0.25, 0.3) is 11.8 Å². The van der Waals surface area contributed by atoms with Crippen LogP contribution in [0, 0.1) is 6.92 Å². The Kier molecular flexibility index (Phi) is 2.79. The fourth-order valence-corrected chi connectivity index (χ4v) is 2.35. The normalized spacial score (nSPS) is 13.8. The van der Waals surface area contributed by atoms with Gasteiger partial charge < -0.3 is 5.73 Å². The zero-order valence-electron chi connectivity index (χ0n) is 11.1. The quantitative estimate of drug-likeness (QED) is 0.670. The van der Waals surface area contributed by atoms with E-state index >= 15 is 0 Å². The van der Waals surface area contributed by atoms with Crippen LogP contribution >= 0.6 is 0 Å². The molecule has 0 fully saturated rings. The average molecular weight is 266 g/mol. The van der Waals surface area contributed by atoms with E-state index in [1.165, 1.54) is 4.90 Å². The van der Waals surface area contributed by atoms with Gasteiger partial charge in [-0.3, -0.25) is 14.5 Å². The summed E-state index contributed by atoms with van der Waals surface area (Å²) >= 11 is 0. The Morgan fingerprint density at radius 3 is 2.15 bits per heavy atom. The standard InChI is InChI=1S/C16H14N2O2/c1-10-6-7-11(8-14(10)17)9-18-15(19)12-4-2-3-5-13(12)16(18)20/h2-8H,9,17H2,1H3. The highest BCUT2D eigenvalue weighted by atomic mass is 16.2. The monoisotopic (exact) mass is 266 g/mol. The van der Waals surface area contributed by atoms with Gasteiger partial charge in [0.05, 0.1) is 17.7 Å². The first-order valence-electron chi connectivity index (χ1n) is 6.38. The van der Waals surface area contributed by atoms with E-state index in [1.54, 1.807) is 30.3 Å². The van der Waals surface area contributed by atoms with Crippen molar-refractivity contribution in [2.24, 2.45) is 0 Å². The van der Waals surface area contributed by atoms with Crippen LogP contribution in [-0.4, -0.2) is 16.7 Å². The molecule has 4 nitrogen and oxygen atoms in total. The molecule has 2 amide bonds. The van der Waals surface area contributed by atoms with Crippen molar-refractivity contribution in [3.63, 3.8) is 0 Å². The van der Waals surface area contributed by atoms with Gasteiger partial charge in [-0.2, -0.15) is 0 Å². The number of hydrogen-bond donors (Lipinski definition) is 1. The van der Waals surface area contributed by atoms with Gasteiger partial charge in [-0.25, -0.2) is 0 Å². The SMILES string of the molecule is Cc1ccc(CN2C(=O)c3ccccc3C2=O)cc1N. The summed E-state index contributed by atoms with van der Waals surface area (Å²) in [6.07, 6.45) is 0. The van der Waals surface area contributed by atoms with Crippen molar-refractivity contribution < 1.29 is 9.59 Å². The molecule has 2 aromatic carbocycles. The maximum atomic E-state index is 12.2. The molecule has 20 heavy (non-hydrogen) atoms. The molecule has 100 valence electrons. The summed E-state index contributed by atoms with van der Waals surface area (Å²) in [7, 11) is 0. The van der Waals surface area contributed by atoms with Gasteiger partial charge in [0, 0.05) is 5.69 Å². The minimum Gasteiger partial charge on any atom is -0.399 e. The number of carbonyl (C=O) groups excluding carboxylic acids is 2. The first-order chi connectivity index (χ1) is 9.58. The van der Waals surface area contributed by atoms with Gasteiger partial charge >= 0.3 is 0 Å². The molecule has 0 aromatic heterocycles. The molecule has 0 bridgehead atoms. The number of rotatable bonds is 2. The topological polar surface area (TPSA) is 63.4 Å². The van der Waals surface area contributed by atoms with Crippen molar-refractivity contribution >= 4 is 17.5 Å². The van der Waals surface area contributed by atoms with Gasteiger partial charge in [0.2, 0.25) is 0 Å². The number of nitrogens with two attached hydrogens (primary N) is 1. The van der Waals surface area contributed by atoms with E-state index in [0.717, 1.165) is 11.1 Å². The second-order valence-corrected chi connectivity index (χ2v) is 4.93. The molecular weight excluding hydrogens is 252 g/mol. The molecule has 0 saturated carbocycles. The molecule has 1 heterocycles. The van der Waals surface area contributed by atoms with Crippen LogP contribution in [0.15, 0.2) is 42.5 Å². The second-order valence-electron chi connectivity index (χ2n) is 4.93. The van der Waals surface area contributed by atoms with E-state index in [0.29, 0.717) is 16.8 Å². The molecule has 2 N–H and O–H groups in total. The predicted molar refractivity (Wildman–Crippen MR) is 76.2 cm³/mol. The fourth-order valence-electron chi connectivity index (χ4n) is 2.35.